The Morgan fingerprint density at radius 2 is 1.53 bits per heavy atom. The van der Waals surface area contributed by atoms with Gasteiger partial charge in [-0.15, -0.1) is 10.2 Å². The predicted molar refractivity (Wildman–Crippen MR) is 217 cm³/mol. The van der Waals surface area contributed by atoms with Crippen molar-refractivity contribution >= 4 is 27.4 Å². The Labute approximate surface area is 304 Å². The molecule has 1 aliphatic carbocycles. The summed E-state index contributed by atoms with van der Waals surface area (Å²) in [4.78, 5) is 0. The third-order valence-electron chi connectivity index (χ3n) is 10.3. The smallest absolute Gasteiger partial charge is 0.248 e. The predicted octanol–water partition coefficient (Wildman–Crippen LogP) is 13.4. The number of hydrogen-bond acceptors (Lipinski definition) is 3. The molecule has 0 spiro atoms. The van der Waals surface area contributed by atoms with Crippen LogP contribution in [-0.2, 0) is 0 Å². The minimum absolute atomic E-state index is 0.242. The van der Waals surface area contributed by atoms with Gasteiger partial charge in [0.05, 0.1) is 11.0 Å². The van der Waals surface area contributed by atoms with Crippen molar-refractivity contribution in [2.45, 2.75) is 80.6 Å². The maximum Gasteiger partial charge on any atom is 0.248 e. The molecule has 1 unspecified atom stereocenters. The van der Waals surface area contributed by atoms with Gasteiger partial charge >= 0.3 is 0 Å². The van der Waals surface area contributed by atoms with E-state index < -0.39 is 0 Å². The molecule has 3 aromatic carbocycles. The second kappa shape index (κ2) is 15.5. The van der Waals surface area contributed by atoms with Gasteiger partial charge in [-0.2, -0.15) is 0 Å². The van der Waals surface area contributed by atoms with Gasteiger partial charge in [-0.1, -0.05) is 139 Å². The zero-order valence-electron chi connectivity index (χ0n) is 31.5. The first-order valence-corrected chi connectivity index (χ1v) is 18.6. The third kappa shape index (κ3) is 8.34. The van der Waals surface area contributed by atoms with Gasteiger partial charge < -0.3 is 8.98 Å². The van der Waals surface area contributed by atoms with E-state index in [-0.39, 0.29) is 10.8 Å². The fourth-order valence-electron chi connectivity index (χ4n) is 7.14. The van der Waals surface area contributed by atoms with E-state index in [0.717, 1.165) is 42.5 Å². The molecule has 4 heteroatoms. The quantitative estimate of drug-likeness (QED) is 0.124. The molecule has 0 saturated carbocycles. The van der Waals surface area contributed by atoms with Gasteiger partial charge in [0.15, 0.2) is 0 Å². The molecule has 1 atom stereocenters. The van der Waals surface area contributed by atoms with E-state index in [1.807, 2.05) is 0 Å². The molecule has 2 heterocycles. The topological polar surface area (TPSA) is 43.9 Å². The highest BCUT2D eigenvalue weighted by Crippen LogP contribution is 2.43. The van der Waals surface area contributed by atoms with Crippen LogP contribution in [0.5, 0.6) is 0 Å². The number of benzene rings is 3. The number of hydrogen-bond donors (Lipinski definition) is 0. The Kier molecular flexibility index (Phi) is 10.9. The average Bonchev–Trinajstić information content (AvgIpc) is 3.66. The van der Waals surface area contributed by atoms with Crippen molar-refractivity contribution in [1.29, 1.82) is 0 Å². The standard InChI is InChI=1S/C47H53N3O/c1-8-18-35(41(33-46(3,4)5)47(6,7)9-2)21-12-10-11-19-34-20-17-22-36(28-27-34)44-48-49-45(51-44)37-29-31-38(32-30-37)50-42-25-15-13-23-39(42)40-24-14-16-26-43(40)50/h8,10,12-18,21-32,41H,9,11,19-20,33H2,1-7H3. The van der Waals surface area contributed by atoms with Gasteiger partial charge in [0, 0.05) is 27.6 Å². The minimum atomic E-state index is 0.242. The summed E-state index contributed by atoms with van der Waals surface area (Å²) < 4.78 is 8.52. The molecule has 0 fully saturated rings. The second-order valence-corrected chi connectivity index (χ2v) is 15.7. The Balaban J connectivity index is 1.12. The number of para-hydroxylation sites is 2. The zero-order valence-corrected chi connectivity index (χ0v) is 31.5. The molecule has 5 aromatic rings. The molecule has 0 saturated heterocycles. The monoisotopic (exact) mass is 675 g/mol. The summed E-state index contributed by atoms with van der Waals surface area (Å²) in [5.41, 5.74) is 8.64. The van der Waals surface area contributed by atoms with E-state index in [0.29, 0.717) is 17.7 Å². The van der Waals surface area contributed by atoms with Crippen molar-refractivity contribution in [3.63, 3.8) is 0 Å². The van der Waals surface area contributed by atoms with Crippen LogP contribution in [0.2, 0.25) is 0 Å². The molecule has 51 heavy (non-hydrogen) atoms. The fourth-order valence-corrected chi connectivity index (χ4v) is 7.14. The van der Waals surface area contributed by atoms with Gasteiger partial charge in [0.1, 0.15) is 0 Å². The summed E-state index contributed by atoms with van der Waals surface area (Å²) in [6.07, 6.45) is 25.3. The zero-order chi connectivity index (χ0) is 36.0. The molecule has 0 aliphatic heterocycles. The average molecular weight is 676 g/mol. The molecule has 1 aliphatic rings. The lowest BCUT2D eigenvalue weighted by Crippen LogP contribution is -2.28. The summed E-state index contributed by atoms with van der Waals surface area (Å²) >= 11 is 0. The normalized spacial score (nSPS) is 15.2. The molecular formula is C47H53N3O. The van der Waals surface area contributed by atoms with E-state index in [9.17, 15) is 0 Å². The third-order valence-corrected chi connectivity index (χ3v) is 10.3. The molecule has 4 nitrogen and oxygen atoms in total. The lowest BCUT2D eigenvalue weighted by molar-refractivity contribution is 0.174. The first kappa shape index (κ1) is 35.9. The summed E-state index contributed by atoms with van der Waals surface area (Å²) in [5.74, 6) is 1.56. The van der Waals surface area contributed by atoms with Crippen LogP contribution in [0, 0.1) is 16.7 Å². The molecule has 6 rings (SSSR count). The van der Waals surface area contributed by atoms with Crippen molar-refractivity contribution in [1.82, 2.24) is 14.8 Å². The molecule has 0 amide bonds. The van der Waals surface area contributed by atoms with Crippen LogP contribution in [-0.4, -0.2) is 14.8 Å². The number of fused-ring (bicyclic) bond motifs is 3. The molecule has 0 bridgehead atoms. The van der Waals surface area contributed by atoms with Crippen LogP contribution in [0.4, 0.5) is 0 Å². The number of nitrogens with zero attached hydrogens (tertiary/aromatic N) is 3. The highest BCUT2D eigenvalue weighted by atomic mass is 16.4. The van der Waals surface area contributed by atoms with Crippen molar-refractivity contribution < 1.29 is 4.42 Å². The summed E-state index contributed by atoms with van der Waals surface area (Å²) in [7, 11) is 0. The highest BCUT2D eigenvalue weighted by Gasteiger charge is 2.33. The van der Waals surface area contributed by atoms with E-state index >= 15 is 0 Å². The van der Waals surface area contributed by atoms with E-state index in [2.05, 4.69) is 191 Å². The second-order valence-electron chi connectivity index (χ2n) is 15.7. The van der Waals surface area contributed by atoms with Crippen molar-refractivity contribution in [2.24, 2.45) is 16.7 Å². The first-order chi connectivity index (χ1) is 24.6. The van der Waals surface area contributed by atoms with Crippen LogP contribution in [0.3, 0.4) is 0 Å². The first-order valence-electron chi connectivity index (χ1n) is 18.6. The van der Waals surface area contributed by atoms with Crippen molar-refractivity contribution in [2.75, 3.05) is 0 Å². The van der Waals surface area contributed by atoms with Crippen LogP contribution in [0.1, 0.15) is 86.5 Å². The summed E-state index contributed by atoms with van der Waals surface area (Å²) in [5, 5.41) is 11.3. The highest BCUT2D eigenvalue weighted by molar-refractivity contribution is 6.09. The molecular weight excluding hydrogens is 623 g/mol. The van der Waals surface area contributed by atoms with E-state index in [1.54, 1.807) is 0 Å². The van der Waals surface area contributed by atoms with Crippen molar-refractivity contribution in [3.05, 3.63) is 145 Å². The van der Waals surface area contributed by atoms with E-state index in [4.69, 9.17) is 4.42 Å². The minimum Gasteiger partial charge on any atom is -0.416 e. The van der Waals surface area contributed by atoms with Gasteiger partial charge in [0.2, 0.25) is 11.8 Å². The van der Waals surface area contributed by atoms with Gasteiger partial charge in [0.25, 0.3) is 0 Å². The summed E-state index contributed by atoms with van der Waals surface area (Å²) in [6, 6.07) is 25.5. The lowest BCUT2D eigenvalue weighted by Gasteiger charge is -2.38. The fraction of sp³-hybridized carbons (Fsp3) is 0.319. The van der Waals surface area contributed by atoms with Gasteiger partial charge in [-0.05, 0) is 97.4 Å². The molecule has 0 N–H and O–H groups in total. The maximum absolute atomic E-state index is 6.21. The Morgan fingerprint density at radius 3 is 2.18 bits per heavy atom. The van der Waals surface area contributed by atoms with Crippen molar-refractivity contribution in [3.8, 4) is 17.1 Å². The Morgan fingerprint density at radius 1 is 0.863 bits per heavy atom. The molecule has 0 radical (unpaired) electrons. The number of allylic oxidation sites excluding steroid dienone is 12. The number of aromatic nitrogens is 3. The van der Waals surface area contributed by atoms with Crippen LogP contribution in [0.25, 0.3) is 44.5 Å². The SMILES string of the molecule is CC=CC(=CC=CCCC1=CC=C(c2nnc(-c3ccc(-n4c5ccccc5c5ccccc54)cc3)o2)C=CC1)C(CC(C)(C)C)C(C)(C)CC. The Hall–Kier alpha value is -4.96. The van der Waals surface area contributed by atoms with Crippen LogP contribution >= 0.6 is 0 Å². The molecule has 2 aromatic heterocycles. The maximum atomic E-state index is 6.21. The Bertz CT molecular complexity index is 2100. The number of rotatable bonds is 12. The largest absolute Gasteiger partial charge is 0.416 e. The van der Waals surface area contributed by atoms with Gasteiger partial charge in [-0.3, -0.25) is 0 Å². The van der Waals surface area contributed by atoms with Crippen LogP contribution < -0.4 is 0 Å². The van der Waals surface area contributed by atoms with Gasteiger partial charge in [-0.25, -0.2) is 0 Å². The van der Waals surface area contributed by atoms with Crippen LogP contribution in [0.15, 0.2) is 143 Å². The summed E-state index contributed by atoms with van der Waals surface area (Å²) in [6.45, 7) is 16.3. The molecule has 262 valence electrons. The lowest BCUT2D eigenvalue weighted by atomic mass is 9.66. The van der Waals surface area contributed by atoms with E-state index in [1.165, 1.54) is 39.4 Å².